The quantitative estimate of drug-likeness (QED) is 0.896. The summed E-state index contributed by atoms with van der Waals surface area (Å²) in [5.41, 5.74) is 2.87. The fourth-order valence-corrected chi connectivity index (χ4v) is 4.43. The first-order valence-electron chi connectivity index (χ1n) is 7.69. The highest BCUT2D eigenvalue weighted by molar-refractivity contribution is 8.00. The van der Waals surface area contributed by atoms with Gasteiger partial charge in [-0.2, -0.15) is 11.8 Å². The third kappa shape index (κ3) is 4.51. The topological polar surface area (TPSA) is 15.3 Å². The second-order valence-corrected chi connectivity index (χ2v) is 8.03. The van der Waals surface area contributed by atoms with Crippen LogP contribution < -0.4 is 5.32 Å². The smallest absolute Gasteiger partial charge is 0.0234 e. The maximum atomic E-state index is 3.25. The Hall–Kier alpha value is -0.510. The number of likely N-dealkylation sites (N-methyl/N-ethyl adjacent to an activating group) is 1. The van der Waals surface area contributed by atoms with Crippen LogP contribution in [0.3, 0.4) is 0 Å². The second-order valence-electron chi connectivity index (χ2n) is 6.15. The summed E-state index contributed by atoms with van der Waals surface area (Å²) in [4.78, 5) is 2.60. The lowest BCUT2D eigenvalue weighted by atomic mass is 9.99. The Morgan fingerprint density at radius 2 is 1.80 bits per heavy atom. The average molecular weight is 292 g/mol. The van der Waals surface area contributed by atoms with E-state index in [9.17, 15) is 0 Å². The standard InChI is InChI=1S/C17H28N2S/c1-13(9-18-4)17-7-5-16(6-8-17)12-19-10-14(2)20-15(3)11-19/h5-8,13-15,18H,9-12H2,1-4H3. The molecule has 0 amide bonds. The van der Waals surface area contributed by atoms with Gasteiger partial charge in [0, 0.05) is 36.7 Å². The van der Waals surface area contributed by atoms with Crippen LogP contribution >= 0.6 is 11.8 Å². The SMILES string of the molecule is CNCC(C)c1ccc(CN2CC(C)SC(C)C2)cc1. The van der Waals surface area contributed by atoms with Crippen molar-refractivity contribution in [2.45, 2.75) is 43.7 Å². The van der Waals surface area contributed by atoms with Gasteiger partial charge in [0.05, 0.1) is 0 Å². The lowest BCUT2D eigenvalue weighted by Crippen LogP contribution is -2.39. The van der Waals surface area contributed by atoms with Crippen molar-refractivity contribution in [2.75, 3.05) is 26.7 Å². The molecule has 0 aromatic heterocycles. The number of hydrogen-bond donors (Lipinski definition) is 1. The van der Waals surface area contributed by atoms with E-state index in [1.165, 1.54) is 24.2 Å². The first-order valence-corrected chi connectivity index (χ1v) is 8.64. The molecule has 2 rings (SSSR count). The number of thioether (sulfide) groups is 1. The van der Waals surface area contributed by atoms with Crippen LogP contribution in [0, 0.1) is 0 Å². The first-order chi connectivity index (χ1) is 9.58. The summed E-state index contributed by atoms with van der Waals surface area (Å²) < 4.78 is 0. The molecule has 112 valence electrons. The maximum absolute atomic E-state index is 3.25. The molecule has 2 nitrogen and oxygen atoms in total. The number of benzene rings is 1. The van der Waals surface area contributed by atoms with Gasteiger partial charge < -0.3 is 5.32 Å². The Morgan fingerprint density at radius 1 is 1.20 bits per heavy atom. The maximum Gasteiger partial charge on any atom is 0.0234 e. The normalized spacial score (nSPS) is 25.6. The molecule has 3 unspecified atom stereocenters. The largest absolute Gasteiger partial charge is 0.319 e. The third-order valence-electron chi connectivity index (χ3n) is 3.96. The molecule has 1 aromatic carbocycles. The molecule has 3 heteroatoms. The van der Waals surface area contributed by atoms with E-state index in [-0.39, 0.29) is 0 Å². The zero-order valence-corrected chi connectivity index (χ0v) is 14.0. The van der Waals surface area contributed by atoms with E-state index in [4.69, 9.17) is 0 Å². The fourth-order valence-electron chi connectivity index (χ4n) is 3.05. The molecule has 0 radical (unpaired) electrons. The van der Waals surface area contributed by atoms with Gasteiger partial charge in [-0.15, -0.1) is 0 Å². The molecule has 20 heavy (non-hydrogen) atoms. The number of nitrogens with zero attached hydrogens (tertiary/aromatic N) is 1. The second kappa shape index (κ2) is 7.48. The van der Waals surface area contributed by atoms with Crippen LogP contribution in [0.4, 0.5) is 0 Å². The molecule has 1 N–H and O–H groups in total. The van der Waals surface area contributed by atoms with Crippen molar-refractivity contribution in [3.8, 4) is 0 Å². The Balaban J connectivity index is 1.93. The van der Waals surface area contributed by atoms with Crippen molar-refractivity contribution in [3.05, 3.63) is 35.4 Å². The average Bonchev–Trinajstić information content (AvgIpc) is 2.38. The summed E-state index contributed by atoms with van der Waals surface area (Å²) in [5, 5.41) is 4.76. The number of rotatable bonds is 5. The van der Waals surface area contributed by atoms with Crippen LogP contribution in [0.2, 0.25) is 0 Å². The van der Waals surface area contributed by atoms with Crippen LogP contribution in [-0.2, 0) is 6.54 Å². The van der Waals surface area contributed by atoms with Gasteiger partial charge in [0.15, 0.2) is 0 Å². The molecule has 1 saturated heterocycles. The Bertz CT molecular complexity index is 394. The molecule has 1 aliphatic heterocycles. The Kier molecular flexibility index (Phi) is 5.94. The first kappa shape index (κ1) is 15.9. The highest BCUT2D eigenvalue weighted by Gasteiger charge is 2.22. The van der Waals surface area contributed by atoms with Gasteiger partial charge in [-0.1, -0.05) is 45.0 Å². The van der Waals surface area contributed by atoms with E-state index >= 15 is 0 Å². The summed E-state index contributed by atoms with van der Waals surface area (Å²) in [7, 11) is 2.02. The summed E-state index contributed by atoms with van der Waals surface area (Å²) in [5.74, 6) is 0.584. The minimum absolute atomic E-state index is 0.584. The Morgan fingerprint density at radius 3 is 2.35 bits per heavy atom. The van der Waals surface area contributed by atoms with Gasteiger partial charge in [0.25, 0.3) is 0 Å². The predicted octanol–water partition coefficient (Wildman–Crippen LogP) is 3.34. The van der Waals surface area contributed by atoms with Gasteiger partial charge in [-0.3, -0.25) is 4.90 Å². The summed E-state index contributed by atoms with van der Waals surface area (Å²) in [6, 6.07) is 9.20. The summed E-state index contributed by atoms with van der Waals surface area (Å²) in [6.45, 7) is 11.5. The Labute approximate surface area is 128 Å². The zero-order chi connectivity index (χ0) is 14.5. The van der Waals surface area contributed by atoms with E-state index in [0.717, 1.165) is 23.6 Å². The van der Waals surface area contributed by atoms with E-state index in [0.29, 0.717) is 5.92 Å². The van der Waals surface area contributed by atoms with Crippen molar-refractivity contribution in [1.29, 1.82) is 0 Å². The van der Waals surface area contributed by atoms with Gasteiger partial charge in [-0.25, -0.2) is 0 Å². The van der Waals surface area contributed by atoms with Crippen molar-refractivity contribution >= 4 is 11.8 Å². The van der Waals surface area contributed by atoms with Gasteiger partial charge in [0.1, 0.15) is 0 Å². The summed E-state index contributed by atoms with van der Waals surface area (Å²) >= 11 is 2.12. The van der Waals surface area contributed by atoms with E-state index < -0.39 is 0 Å². The fraction of sp³-hybridized carbons (Fsp3) is 0.647. The molecule has 1 aliphatic rings. The van der Waals surface area contributed by atoms with Gasteiger partial charge >= 0.3 is 0 Å². The van der Waals surface area contributed by atoms with E-state index in [2.05, 4.69) is 67.0 Å². The van der Waals surface area contributed by atoms with Crippen molar-refractivity contribution in [2.24, 2.45) is 0 Å². The minimum Gasteiger partial charge on any atom is -0.319 e. The van der Waals surface area contributed by atoms with Crippen LogP contribution in [0.25, 0.3) is 0 Å². The van der Waals surface area contributed by atoms with Crippen molar-refractivity contribution in [3.63, 3.8) is 0 Å². The molecule has 0 bridgehead atoms. The number of nitrogens with one attached hydrogen (secondary N) is 1. The molecular weight excluding hydrogens is 264 g/mol. The van der Waals surface area contributed by atoms with Crippen LogP contribution in [0.15, 0.2) is 24.3 Å². The highest BCUT2D eigenvalue weighted by atomic mass is 32.2. The minimum atomic E-state index is 0.584. The van der Waals surface area contributed by atoms with E-state index in [1.54, 1.807) is 0 Å². The summed E-state index contributed by atoms with van der Waals surface area (Å²) in [6.07, 6.45) is 0. The molecule has 0 saturated carbocycles. The molecule has 1 heterocycles. The van der Waals surface area contributed by atoms with Gasteiger partial charge in [-0.05, 0) is 24.1 Å². The monoisotopic (exact) mass is 292 g/mol. The molecule has 1 fully saturated rings. The third-order valence-corrected chi connectivity index (χ3v) is 5.19. The van der Waals surface area contributed by atoms with Crippen LogP contribution in [-0.4, -0.2) is 42.1 Å². The van der Waals surface area contributed by atoms with Crippen LogP contribution in [0.1, 0.15) is 37.8 Å². The molecule has 0 aliphatic carbocycles. The molecular formula is C17H28N2S. The van der Waals surface area contributed by atoms with Crippen molar-refractivity contribution < 1.29 is 0 Å². The number of hydrogen-bond acceptors (Lipinski definition) is 3. The lowest BCUT2D eigenvalue weighted by molar-refractivity contribution is 0.263. The molecule has 1 aromatic rings. The van der Waals surface area contributed by atoms with E-state index in [1.807, 2.05) is 7.05 Å². The van der Waals surface area contributed by atoms with Crippen molar-refractivity contribution in [1.82, 2.24) is 10.2 Å². The predicted molar refractivity (Wildman–Crippen MR) is 90.6 cm³/mol. The van der Waals surface area contributed by atoms with Gasteiger partial charge in [0.2, 0.25) is 0 Å². The molecule has 0 spiro atoms. The van der Waals surface area contributed by atoms with Crippen LogP contribution in [0.5, 0.6) is 0 Å². The highest BCUT2D eigenvalue weighted by Crippen LogP contribution is 2.26. The lowest BCUT2D eigenvalue weighted by Gasteiger charge is -2.34. The zero-order valence-electron chi connectivity index (χ0n) is 13.2. The molecule has 3 atom stereocenters.